The summed E-state index contributed by atoms with van der Waals surface area (Å²) in [4.78, 5) is 16.0. The van der Waals surface area contributed by atoms with E-state index >= 15 is 0 Å². The standard InChI is InChI=1S/C10H10BrN5O2/c1-5-2-8(18-16-5)14-10(17)7-3-6(11)4-13-9(7)15-12/h2-4H,12H2,1H3,(H,13,15)(H,14,17). The van der Waals surface area contributed by atoms with Crippen molar-refractivity contribution in [1.82, 2.24) is 10.1 Å². The topological polar surface area (TPSA) is 106 Å². The summed E-state index contributed by atoms with van der Waals surface area (Å²) in [6, 6.07) is 3.21. The molecule has 2 aromatic rings. The van der Waals surface area contributed by atoms with E-state index in [2.05, 4.69) is 36.8 Å². The highest BCUT2D eigenvalue weighted by molar-refractivity contribution is 9.10. The first-order valence-corrected chi connectivity index (χ1v) is 5.76. The Hall–Kier alpha value is -1.93. The molecule has 0 aromatic carbocycles. The first-order chi connectivity index (χ1) is 8.60. The number of halogens is 1. The van der Waals surface area contributed by atoms with Gasteiger partial charge in [-0.1, -0.05) is 5.16 Å². The highest BCUT2D eigenvalue weighted by Crippen LogP contribution is 2.19. The number of aryl methyl sites for hydroxylation is 1. The maximum atomic E-state index is 12.0. The van der Waals surface area contributed by atoms with Gasteiger partial charge in [0.1, 0.15) is 0 Å². The molecule has 2 aromatic heterocycles. The molecule has 94 valence electrons. The van der Waals surface area contributed by atoms with Crippen molar-refractivity contribution >= 4 is 33.5 Å². The highest BCUT2D eigenvalue weighted by Gasteiger charge is 2.14. The summed E-state index contributed by atoms with van der Waals surface area (Å²) in [5.41, 5.74) is 3.32. The van der Waals surface area contributed by atoms with Gasteiger partial charge >= 0.3 is 0 Å². The molecule has 0 fully saturated rings. The molecule has 0 saturated carbocycles. The van der Waals surface area contributed by atoms with Crippen LogP contribution >= 0.6 is 15.9 Å². The molecule has 4 N–H and O–H groups in total. The third-order valence-corrected chi connectivity index (χ3v) is 2.53. The first-order valence-electron chi connectivity index (χ1n) is 4.97. The van der Waals surface area contributed by atoms with Gasteiger partial charge in [0.25, 0.3) is 5.91 Å². The molecular formula is C10H10BrN5O2. The van der Waals surface area contributed by atoms with Gasteiger partial charge in [0.15, 0.2) is 5.82 Å². The molecule has 0 bridgehead atoms. The van der Waals surface area contributed by atoms with Crippen LogP contribution in [0.15, 0.2) is 27.3 Å². The minimum atomic E-state index is -0.395. The number of rotatable bonds is 3. The van der Waals surface area contributed by atoms with E-state index in [-0.39, 0.29) is 11.7 Å². The summed E-state index contributed by atoms with van der Waals surface area (Å²) in [5.74, 6) is 5.43. The molecule has 2 rings (SSSR count). The highest BCUT2D eigenvalue weighted by atomic mass is 79.9. The normalized spacial score (nSPS) is 10.2. The van der Waals surface area contributed by atoms with Crippen LogP contribution in [0.25, 0.3) is 0 Å². The molecule has 1 amide bonds. The molecule has 8 heteroatoms. The molecule has 0 radical (unpaired) electrons. The molecule has 2 heterocycles. The van der Waals surface area contributed by atoms with E-state index in [0.717, 1.165) is 0 Å². The molecule has 0 aliphatic carbocycles. The van der Waals surface area contributed by atoms with Crippen molar-refractivity contribution in [2.45, 2.75) is 6.92 Å². The zero-order valence-corrected chi connectivity index (χ0v) is 11.0. The Morgan fingerprint density at radius 1 is 1.50 bits per heavy atom. The number of hydrazine groups is 1. The minimum Gasteiger partial charge on any atom is -0.338 e. The van der Waals surface area contributed by atoms with E-state index in [0.29, 0.717) is 15.7 Å². The summed E-state index contributed by atoms with van der Waals surface area (Å²) in [7, 11) is 0. The molecular weight excluding hydrogens is 302 g/mol. The summed E-state index contributed by atoms with van der Waals surface area (Å²) < 4.78 is 5.56. The second-order valence-electron chi connectivity index (χ2n) is 3.48. The Labute approximate surface area is 111 Å². The van der Waals surface area contributed by atoms with Gasteiger partial charge in [-0.25, -0.2) is 10.8 Å². The van der Waals surface area contributed by atoms with Gasteiger partial charge in [0.2, 0.25) is 5.88 Å². The fourth-order valence-corrected chi connectivity index (χ4v) is 1.66. The number of anilines is 2. The van der Waals surface area contributed by atoms with Crippen LogP contribution in [-0.2, 0) is 0 Å². The van der Waals surface area contributed by atoms with Gasteiger partial charge in [-0.2, -0.15) is 0 Å². The van der Waals surface area contributed by atoms with Gasteiger partial charge < -0.3 is 9.95 Å². The number of aromatic nitrogens is 2. The Bertz CT molecular complexity index is 583. The number of hydrogen-bond donors (Lipinski definition) is 3. The first kappa shape index (κ1) is 12.5. The number of nitrogen functional groups attached to an aromatic ring is 1. The van der Waals surface area contributed by atoms with E-state index in [1.165, 1.54) is 6.20 Å². The lowest BCUT2D eigenvalue weighted by molar-refractivity contribution is 0.102. The Balaban J connectivity index is 2.25. The van der Waals surface area contributed by atoms with Crippen molar-refractivity contribution < 1.29 is 9.32 Å². The van der Waals surface area contributed by atoms with E-state index in [4.69, 9.17) is 10.4 Å². The number of hydrogen-bond acceptors (Lipinski definition) is 6. The lowest BCUT2D eigenvalue weighted by Crippen LogP contribution is -2.18. The summed E-state index contributed by atoms with van der Waals surface area (Å²) in [6.45, 7) is 1.76. The molecule has 18 heavy (non-hydrogen) atoms. The fourth-order valence-electron chi connectivity index (χ4n) is 1.33. The number of carbonyl (C=O) groups is 1. The summed E-state index contributed by atoms with van der Waals surface area (Å²) >= 11 is 3.24. The third-order valence-electron chi connectivity index (χ3n) is 2.10. The zero-order valence-electron chi connectivity index (χ0n) is 9.40. The van der Waals surface area contributed by atoms with Gasteiger partial charge in [-0.3, -0.25) is 10.1 Å². The number of nitrogens with zero attached hydrogens (tertiary/aromatic N) is 2. The Morgan fingerprint density at radius 3 is 2.89 bits per heavy atom. The maximum absolute atomic E-state index is 12.0. The van der Waals surface area contributed by atoms with Crippen molar-refractivity contribution in [2.75, 3.05) is 10.7 Å². The van der Waals surface area contributed by atoms with E-state index in [1.54, 1.807) is 19.1 Å². The average molecular weight is 312 g/mol. The molecule has 0 atom stereocenters. The SMILES string of the molecule is Cc1cc(NC(=O)c2cc(Br)cnc2NN)on1. The molecule has 0 spiro atoms. The molecule has 0 unspecified atom stereocenters. The smallest absolute Gasteiger partial charge is 0.261 e. The van der Waals surface area contributed by atoms with Crippen LogP contribution in [0, 0.1) is 6.92 Å². The minimum absolute atomic E-state index is 0.264. The molecule has 0 aliphatic heterocycles. The lowest BCUT2D eigenvalue weighted by atomic mass is 10.2. The van der Waals surface area contributed by atoms with Crippen LogP contribution in [0.5, 0.6) is 0 Å². The number of nitrogens with two attached hydrogens (primary N) is 1. The fraction of sp³-hybridized carbons (Fsp3) is 0.100. The number of amides is 1. The third kappa shape index (κ3) is 2.66. The molecule has 7 nitrogen and oxygen atoms in total. The monoisotopic (exact) mass is 311 g/mol. The van der Waals surface area contributed by atoms with Gasteiger partial charge in [-0.05, 0) is 28.9 Å². The Morgan fingerprint density at radius 2 is 2.28 bits per heavy atom. The predicted molar refractivity (Wildman–Crippen MR) is 68.9 cm³/mol. The predicted octanol–water partition coefficient (Wildman–Crippen LogP) is 1.68. The average Bonchev–Trinajstić information content (AvgIpc) is 2.74. The zero-order chi connectivity index (χ0) is 13.1. The largest absolute Gasteiger partial charge is 0.338 e. The van der Waals surface area contributed by atoms with Crippen LogP contribution in [0.3, 0.4) is 0 Å². The van der Waals surface area contributed by atoms with Gasteiger partial charge in [-0.15, -0.1) is 0 Å². The lowest BCUT2D eigenvalue weighted by Gasteiger charge is -2.07. The van der Waals surface area contributed by atoms with Crippen LogP contribution in [-0.4, -0.2) is 16.0 Å². The van der Waals surface area contributed by atoms with E-state index < -0.39 is 5.91 Å². The van der Waals surface area contributed by atoms with Crippen molar-refractivity contribution in [2.24, 2.45) is 5.84 Å². The maximum Gasteiger partial charge on any atom is 0.261 e. The second-order valence-corrected chi connectivity index (χ2v) is 4.40. The van der Waals surface area contributed by atoms with Crippen molar-refractivity contribution in [3.63, 3.8) is 0 Å². The quantitative estimate of drug-likeness (QED) is 0.588. The van der Waals surface area contributed by atoms with Crippen LogP contribution in [0.1, 0.15) is 16.1 Å². The molecule has 0 aliphatic rings. The van der Waals surface area contributed by atoms with Crippen LogP contribution < -0.4 is 16.6 Å². The van der Waals surface area contributed by atoms with Crippen LogP contribution in [0.4, 0.5) is 11.7 Å². The number of nitrogens with one attached hydrogen (secondary N) is 2. The number of carbonyl (C=O) groups excluding carboxylic acids is 1. The molecule has 0 saturated heterocycles. The summed E-state index contributed by atoms with van der Waals surface area (Å²) in [5, 5.41) is 6.23. The van der Waals surface area contributed by atoms with Crippen molar-refractivity contribution in [1.29, 1.82) is 0 Å². The van der Waals surface area contributed by atoms with Crippen LogP contribution in [0.2, 0.25) is 0 Å². The second kappa shape index (κ2) is 5.15. The Kier molecular flexibility index (Phi) is 3.58. The van der Waals surface area contributed by atoms with E-state index in [9.17, 15) is 4.79 Å². The van der Waals surface area contributed by atoms with E-state index in [1.807, 2.05) is 0 Å². The number of pyridine rings is 1. The summed E-state index contributed by atoms with van der Waals surface area (Å²) in [6.07, 6.45) is 1.53. The van der Waals surface area contributed by atoms with Crippen molar-refractivity contribution in [3.05, 3.63) is 34.1 Å². The van der Waals surface area contributed by atoms with Gasteiger partial charge in [0, 0.05) is 16.7 Å². The van der Waals surface area contributed by atoms with Gasteiger partial charge in [0.05, 0.1) is 11.3 Å². The van der Waals surface area contributed by atoms with Crippen molar-refractivity contribution in [3.8, 4) is 0 Å².